The number of nitrogens with one attached hydrogen (secondary N) is 2. The van der Waals surface area contributed by atoms with Gasteiger partial charge in [-0.25, -0.2) is 13.8 Å². The molecule has 4 N–H and O–H groups in total. The maximum absolute atomic E-state index is 14.9. The lowest BCUT2D eigenvalue weighted by molar-refractivity contribution is -0.117. The van der Waals surface area contributed by atoms with Crippen molar-refractivity contribution in [3.63, 3.8) is 0 Å². The molecule has 1 saturated carbocycles. The molecule has 206 valence electrons. The number of imidazole rings is 1. The van der Waals surface area contributed by atoms with Crippen LogP contribution in [0.2, 0.25) is 0 Å². The van der Waals surface area contributed by atoms with Crippen molar-refractivity contribution in [1.29, 1.82) is 0 Å². The van der Waals surface area contributed by atoms with Crippen LogP contribution in [0, 0.1) is 17.6 Å². The third-order valence-corrected chi connectivity index (χ3v) is 6.43. The smallest absolute Gasteiger partial charge is 0.268 e. The maximum Gasteiger partial charge on any atom is 0.268 e. The molecule has 5 aromatic rings. The van der Waals surface area contributed by atoms with Crippen molar-refractivity contribution in [1.82, 2.24) is 14.0 Å². The van der Waals surface area contributed by atoms with Gasteiger partial charge in [0.1, 0.15) is 22.8 Å². The van der Waals surface area contributed by atoms with Crippen LogP contribution in [0.3, 0.4) is 0 Å². The zero-order valence-electron chi connectivity index (χ0n) is 21.3. The predicted octanol–water partition coefficient (Wildman–Crippen LogP) is 4.74. The van der Waals surface area contributed by atoms with Crippen LogP contribution < -0.4 is 26.7 Å². The van der Waals surface area contributed by atoms with Gasteiger partial charge in [-0.2, -0.15) is 0 Å². The second-order valence-electron chi connectivity index (χ2n) is 9.56. The van der Waals surface area contributed by atoms with Gasteiger partial charge in [-0.15, -0.1) is 0 Å². The highest BCUT2D eigenvalue weighted by Gasteiger charge is 2.30. The minimum atomic E-state index is -0.804. The molecule has 1 fully saturated rings. The quantitative estimate of drug-likeness (QED) is 0.265. The van der Waals surface area contributed by atoms with Gasteiger partial charge in [0.2, 0.25) is 5.91 Å². The van der Waals surface area contributed by atoms with Crippen molar-refractivity contribution in [2.75, 3.05) is 16.4 Å². The molecular formula is C29H22F2N6O4. The summed E-state index contributed by atoms with van der Waals surface area (Å²) in [5, 5.41) is 5.27. The number of nitrogens with zero attached hydrogens (tertiary/aromatic N) is 3. The third-order valence-electron chi connectivity index (χ3n) is 6.43. The van der Waals surface area contributed by atoms with Crippen molar-refractivity contribution < 1.29 is 23.1 Å². The van der Waals surface area contributed by atoms with Crippen LogP contribution in [0.4, 0.5) is 26.0 Å². The second kappa shape index (κ2) is 10.2. The van der Waals surface area contributed by atoms with E-state index in [0.717, 1.165) is 23.5 Å². The van der Waals surface area contributed by atoms with Gasteiger partial charge in [-0.05, 0) is 67.4 Å². The van der Waals surface area contributed by atoms with E-state index < -0.39 is 23.1 Å². The monoisotopic (exact) mass is 556 g/mol. The molecule has 0 atom stereocenters. The number of aromatic nitrogens is 3. The highest BCUT2D eigenvalue weighted by molar-refractivity contribution is 6.04. The number of hydrogen-bond donors (Lipinski definition) is 3. The van der Waals surface area contributed by atoms with Gasteiger partial charge >= 0.3 is 0 Å². The molecule has 3 aromatic heterocycles. The van der Waals surface area contributed by atoms with E-state index in [-0.39, 0.29) is 34.5 Å². The number of nitrogens with two attached hydrogens (primary N) is 1. The van der Waals surface area contributed by atoms with Crippen LogP contribution in [0.15, 0.2) is 84.0 Å². The number of nitrogen functional groups attached to an aromatic ring is 1. The first-order valence-electron chi connectivity index (χ1n) is 12.6. The molecule has 1 aliphatic carbocycles. The number of ether oxygens (including phenoxy) is 1. The van der Waals surface area contributed by atoms with E-state index in [4.69, 9.17) is 10.5 Å². The molecule has 1 aliphatic rings. The molecule has 2 amide bonds. The summed E-state index contributed by atoms with van der Waals surface area (Å²) < 4.78 is 36.7. The second-order valence-corrected chi connectivity index (χ2v) is 9.56. The van der Waals surface area contributed by atoms with Crippen molar-refractivity contribution in [3.8, 4) is 17.2 Å². The Morgan fingerprint density at radius 3 is 2.46 bits per heavy atom. The van der Waals surface area contributed by atoms with E-state index in [1.54, 1.807) is 28.9 Å². The number of rotatable bonds is 7. The van der Waals surface area contributed by atoms with Crippen LogP contribution in [0.5, 0.6) is 11.5 Å². The normalized spacial score (nSPS) is 12.7. The summed E-state index contributed by atoms with van der Waals surface area (Å²) in [7, 11) is 0. The zero-order chi connectivity index (χ0) is 28.7. The van der Waals surface area contributed by atoms with Crippen molar-refractivity contribution in [3.05, 3.63) is 107 Å². The van der Waals surface area contributed by atoms with E-state index in [0.29, 0.717) is 22.9 Å². The summed E-state index contributed by atoms with van der Waals surface area (Å²) in [4.78, 5) is 42.2. The molecule has 41 heavy (non-hydrogen) atoms. The van der Waals surface area contributed by atoms with Gasteiger partial charge in [-0.1, -0.05) is 0 Å². The number of anilines is 3. The summed E-state index contributed by atoms with van der Waals surface area (Å²) in [5.41, 5.74) is 6.03. The van der Waals surface area contributed by atoms with E-state index in [1.165, 1.54) is 48.7 Å². The third kappa shape index (κ3) is 5.48. The Labute approximate surface area is 231 Å². The summed E-state index contributed by atoms with van der Waals surface area (Å²) in [5.74, 6) is -1.45. The fourth-order valence-electron chi connectivity index (χ4n) is 4.21. The molecule has 6 rings (SSSR count). The molecule has 10 nitrogen and oxygen atoms in total. The van der Waals surface area contributed by atoms with E-state index in [2.05, 4.69) is 15.6 Å². The van der Waals surface area contributed by atoms with Crippen LogP contribution in [0.25, 0.3) is 11.3 Å². The lowest BCUT2D eigenvalue weighted by atomic mass is 10.2. The zero-order valence-corrected chi connectivity index (χ0v) is 21.3. The van der Waals surface area contributed by atoms with Gasteiger partial charge < -0.3 is 25.5 Å². The first-order chi connectivity index (χ1) is 19.7. The minimum Gasteiger partial charge on any atom is -0.453 e. The predicted molar refractivity (Wildman–Crippen MR) is 147 cm³/mol. The van der Waals surface area contributed by atoms with Crippen LogP contribution in [-0.4, -0.2) is 25.8 Å². The van der Waals surface area contributed by atoms with Crippen LogP contribution >= 0.6 is 0 Å². The Bertz CT molecular complexity index is 1880. The molecule has 2 aromatic carbocycles. The first kappa shape index (κ1) is 25.7. The molecule has 0 bridgehead atoms. The van der Waals surface area contributed by atoms with E-state index >= 15 is 0 Å². The topological polar surface area (TPSA) is 133 Å². The SMILES string of the molecule is Nc1cc(C(=O)Nc2ccc(Oc3ccc4nc(NC(=O)C5CC5)cn4c3)c(F)c2)c(=O)n(-c2ccc(F)cc2)c1. The highest BCUT2D eigenvalue weighted by Crippen LogP contribution is 2.31. The summed E-state index contributed by atoms with van der Waals surface area (Å²) in [6.07, 6.45) is 6.31. The number of pyridine rings is 2. The number of hydrogen-bond acceptors (Lipinski definition) is 6. The minimum absolute atomic E-state index is 0.0420. The van der Waals surface area contributed by atoms with Gasteiger partial charge in [0.25, 0.3) is 11.5 Å². The summed E-state index contributed by atoms with van der Waals surface area (Å²) in [6, 6.07) is 13.4. The first-order valence-corrected chi connectivity index (χ1v) is 12.6. The van der Waals surface area contributed by atoms with Gasteiger partial charge in [0, 0.05) is 35.2 Å². The Kier molecular flexibility index (Phi) is 6.42. The molecule has 0 unspecified atom stereocenters. The van der Waals surface area contributed by atoms with Crippen molar-refractivity contribution in [2.45, 2.75) is 12.8 Å². The van der Waals surface area contributed by atoms with Gasteiger partial charge in [-0.3, -0.25) is 19.0 Å². The van der Waals surface area contributed by atoms with Crippen molar-refractivity contribution in [2.24, 2.45) is 5.92 Å². The summed E-state index contributed by atoms with van der Waals surface area (Å²) in [6.45, 7) is 0. The molecule has 0 aliphatic heterocycles. The number of amides is 2. The number of carbonyl (C=O) groups is 2. The summed E-state index contributed by atoms with van der Waals surface area (Å²) >= 11 is 0. The lowest BCUT2D eigenvalue weighted by Gasteiger charge is -2.12. The van der Waals surface area contributed by atoms with E-state index in [9.17, 15) is 23.2 Å². The van der Waals surface area contributed by atoms with Gasteiger partial charge in [0.15, 0.2) is 17.4 Å². The Morgan fingerprint density at radius 2 is 1.73 bits per heavy atom. The van der Waals surface area contributed by atoms with Gasteiger partial charge in [0.05, 0.1) is 12.4 Å². The lowest BCUT2D eigenvalue weighted by Crippen LogP contribution is -2.28. The molecule has 0 saturated heterocycles. The van der Waals surface area contributed by atoms with Crippen LogP contribution in [0.1, 0.15) is 23.2 Å². The van der Waals surface area contributed by atoms with Crippen molar-refractivity contribution >= 4 is 34.7 Å². The molecular weight excluding hydrogens is 534 g/mol. The number of benzene rings is 2. The number of fused-ring (bicyclic) bond motifs is 1. The Balaban J connectivity index is 1.17. The molecule has 3 heterocycles. The molecule has 0 radical (unpaired) electrons. The average Bonchev–Trinajstić information content (AvgIpc) is 3.72. The fraction of sp³-hybridized carbons (Fsp3) is 0.103. The molecule has 0 spiro atoms. The number of halogens is 2. The fourth-order valence-corrected chi connectivity index (χ4v) is 4.21. The Morgan fingerprint density at radius 1 is 0.951 bits per heavy atom. The Hall–Kier alpha value is -5.52. The maximum atomic E-state index is 14.9. The number of carbonyl (C=O) groups excluding carboxylic acids is 2. The van der Waals surface area contributed by atoms with E-state index in [1.807, 2.05) is 0 Å². The largest absolute Gasteiger partial charge is 0.453 e. The van der Waals surface area contributed by atoms with Crippen LogP contribution in [-0.2, 0) is 4.79 Å². The molecule has 12 heteroatoms. The standard InChI is InChI=1S/C29H22F2N6O4/c30-17-3-6-20(7-4-17)37-13-18(32)11-22(29(37)40)28(39)33-19-5-9-24(23(31)12-19)41-21-8-10-26-34-25(15-36(26)14-21)35-27(38)16-1-2-16/h3-16H,1-2,32H2,(H,33,39)(H,35,38). The average molecular weight is 557 g/mol. The highest BCUT2D eigenvalue weighted by atomic mass is 19.1.